The Morgan fingerprint density at radius 3 is 2.39 bits per heavy atom. The number of benzene rings is 3. The summed E-state index contributed by atoms with van der Waals surface area (Å²) >= 11 is 0. The Labute approximate surface area is 239 Å². The Morgan fingerprint density at radius 1 is 0.951 bits per heavy atom. The van der Waals surface area contributed by atoms with Crippen molar-refractivity contribution in [2.45, 2.75) is 0 Å². The van der Waals surface area contributed by atoms with Crippen molar-refractivity contribution in [2.24, 2.45) is 0 Å². The Hall–Kier alpha value is -4.54. The van der Waals surface area contributed by atoms with Gasteiger partial charge in [-0.25, -0.2) is 9.97 Å². The van der Waals surface area contributed by atoms with E-state index in [1.165, 1.54) is 0 Å². The Balaban J connectivity index is 1.24. The molecular weight excluding hydrogens is 518 g/mol. The minimum Gasteiger partial charge on any atom is -0.497 e. The number of hydrogen-bond donors (Lipinski definition) is 2. The number of ether oxygens (including phenoxy) is 1. The fraction of sp³-hybridized carbons (Fsp3) is 0.290. The lowest BCUT2D eigenvalue weighted by Crippen LogP contribution is -2.51. The predicted octanol–water partition coefficient (Wildman–Crippen LogP) is 3.57. The molecule has 1 aliphatic rings. The minimum absolute atomic E-state index is 0.0510. The van der Waals surface area contributed by atoms with Crippen LogP contribution >= 0.6 is 0 Å². The molecule has 1 fully saturated rings. The molecule has 10 nitrogen and oxygen atoms in total. The lowest BCUT2D eigenvalue weighted by atomic mass is 10.0. The van der Waals surface area contributed by atoms with E-state index in [2.05, 4.69) is 30.4 Å². The topological polar surface area (TPSA) is 103 Å². The maximum absolute atomic E-state index is 13.2. The average molecular weight is 554 g/mol. The van der Waals surface area contributed by atoms with Gasteiger partial charge in [-0.1, -0.05) is 24.3 Å². The number of piperazine rings is 1. The highest BCUT2D eigenvalue weighted by Crippen LogP contribution is 2.33. The number of amides is 2. The van der Waals surface area contributed by atoms with Crippen LogP contribution in [0.5, 0.6) is 5.75 Å². The molecule has 41 heavy (non-hydrogen) atoms. The smallest absolute Gasteiger partial charge is 0.240 e. The first-order chi connectivity index (χ1) is 19.9. The summed E-state index contributed by atoms with van der Waals surface area (Å²) in [6, 6.07) is 21.3. The van der Waals surface area contributed by atoms with Gasteiger partial charge < -0.3 is 20.3 Å². The van der Waals surface area contributed by atoms with Crippen LogP contribution in [-0.2, 0) is 9.59 Å². The zero-order valence-electron chi connectivity index (χ0n) is 23.6. The number of likely N-dealkylation sites (N-methyl/N-ethyl adjacent to an activating group) is 1. The number of nitrogens with zero attached hydrogens (tertiary/aromatic N) is 5. The van der Waals surface area contributed by atoms with E-state index < -0.39 is 0 Å². The lowest BCUT2D eigenvalue weighted by molar-refractivity contribution is -0.121. The molecule has 2 N–H and O–H groups in total. The van der Waals surface area contributed by atoms with Crippen LogP contribution in [0.15, 0.2) is 72.9 Å². The van der Waals surface area contributed by atoms with Crippen LogP contribution in [-0.4, -0.2) is 92.1 Å². The number of fused-ring (bicyclic) bond motifs is 1. The van der Waals surface area contributed by atoms with Crippen LogP contribution in [0.25, 0.3) is 22.0 Å². The molecule has 1 aromatic heterocycles. The van der Waals surface area contributed by atoms with Crippen LogP contribution in [0.4, 0.5) is 17.3 Å². The highest BCUT2D eigenvalue weighted by Gasteiger charge is 2.23. The number of hydrogen-bond acceptors (Lipinski definition) is 8. The summed E-state index contributed by atoms with van der Waals surface area (Å²) in [5.41, 5.74) is 3.19. The average Bonchev–Trinajstić information content (AvgIpc) is 3.01. The van der Waals surface area contributed by atoms with E-state index in [1.54, 1.807) is 32.3 Å². The van der Waals surface area contributed by atoms with Crippen LogP contribution < -0.4 is 20.3 Å². The van der Waals surface area contributed by atoms with Gasteiger partial charge in [0.05, 0.1) is 25.9 Å². The normalized spacial score (nSPS) is 14.0. The first-order valence-corrected chi connectivity index (χ1v) is 13.6. The molecule has 0 unspecified atom stereocenters. The third kappa shape index (κ3) is 6.79. The minimum atomic E-state index is -0.0989. The summed E-state index contributed by atoms with van der Waals surface area (Å²) in [4.78, 5) is 40.7. The second-order valence-corrected chi connectivity index (χ2v) is 10.0. The standard InChI is InChI=1S/C31H35N7O3/c1-32-31-33-12-11-27(35-31)23-17-22-9-10-25(41-3)19-26(22)28(18-23)34-29(39)20-37-13-15-38(16-14-37)21-30(40)36(2)24-7-5-4-6-8-24/h4-12,17-19H,13-16,20-21H2,1-3H3,(H,34,39)(H,32,33,35). The fourth-order valence-electron chi connectivity index (χ4n) is 4.95. The number of carbonyl (C=O) groups is 2. The van der Waals surface area contributed by atoms with Gasteiger partial charge >= 0.3 is 0 Å². The molecule has 0 bridgehead atoms. The lowest BCUT2D eigenvalue weighted by Gasteiger charge is -2.34. The van der Waals surface area contributed by atoms with Crippen LogP contribution in [0.2, 0.25) is 0 Å². The Bertz CT molecular complexity index is 1520. The van der Waals surface area contributed by atoms with Crippen molar-refractivity contribution in [2.75, 3.05) is 76.0 Å². The summed E-state index contributed by atoms with van der Waals surface area (Å²) in [5.74, 6) is 1.19. The van der Waals surface area contributed by atoms with E-state index in [9.17, 15) is 9.59 Å². The molecule has 1 aliphatic heterocycles. The highest BCUT2D eigenvalue weighted by atomic mass is 16.5. The maximum atomic E-state index is 13.2. The van der Waals surface area contributed by atoms with Crippen molar-refractivity contribution in [3.05, 3.63) is 72.9 Å². The molecule has 4 aromatic rings. The van der Waals surface area contributed by atoms with Crippen molar-refractivity contribution in [1.82, 2.24) is 19.8 Å². The first-order valence-electron chi connectivity index (χ1n) is 13.6. The molecule has 3 aromatic carbocycles. The molecule has 2 heterocycles. The fourth-order valence-corrected chi connectivity index (χ4v) is 4.95. The van der Waals surface area contributed by atoms with Gasteiger partial charge in [-0.2, -0.15) is 0 Å². The summed E-state index contributed by atoms with van der Waals surface area (Å²) in [5, 5.41) is 7.94. The van der Waals surface area contributed by atoms with Crippen molar-refractivity contribution < 1.29 is 14.3 Å². The van der Waals surface area contributed by atoms with Crippen molar-refractivity contribution in [3.8, 4) is 17.0 Å². The molecule has 0 atom stereocenters. The number of methoxy groups -OCH3 is 1. The molecule has 0 spiro atoms. The SMILES string of the molecule is CNc1nccc(-c2cc(NC(=O)CN3CCN(CC(=O)N(C)c4ccccc4)CC3)c3cc(OC)ccc3c2)n1. The van der Waals surface area contributed by atoms with E-state index in [4.69, 9.17) is 4.74 Å². The Kier molecular flexibility index (Phi) is 8.71. The molecule has 212 valence electrons. The second kappa shape index (κ2) is 12.8. The quantitative estimate of drug-likeness (QED) is 0.324. The van der Waals surface area contributed by atoms with Crippen molar-refractivity contribution >= 4 is 39.9 Å². The van der Waals surface area contributed by atoms with Crippen LogP contribution in [0.1, 0.15) is 0 Å². The van der Waals surface area contributed by atoms with Gasteiger partial charge in [-0.05, 0) is 47.9 Å². The zero-order chi connectivity index (χ0) is 28.8. The third-order valence-electron chi connectivity index (χ3n) is 7.32. The van der Waals surface area contributed by atoms with Crippen molar-refractivity contribution in [1.29, 1.82) is 0 Å². The van der Waals surface area contributed by atoms with Gasteiger partial charge in [0.2, 0.25) is 17.8 Å². The van der Waals surface area contributed by atoms with E-state index in [-0.39, 0.29) is 18.4 Å². The number of rotatable bonds is 9. The summed E-state index contributed by atoms with van der Waals surface area (Å²) in [6.07, 6.45) is 1.71. The van der Waals surface area contributed by atoms with E-state index >= 15 is 0 Å². The van der Waals surface area contributed by atoms with E-state index in [0.29, 0.717) is 37.0 Å². The molecule has 0 radical (unpaired) electrons. The van der Waals surface area contributed by atoms with Crippen LogP contribution in [0.3, 0.4) is 0 Å². The third-order valence-corrected chi connectivity index (χ3v) is 7.32. The molecule has 0 aliphatic carbocycles. The second-order valence-electron chi connectivity index (χ2n) is 10.0. The van der Waals surface area contributed by atoms with Gasteiger partial charge in [-0.15, -0.1) is 0 Å². The highest BCUT2D eigenvalue weighted by molar-refractivity contribution is 6.05. The summed E-state index contributed by atoms with van der Waals surface area (Å²) in [7, 11) is 5.20. The van der Waals surface area contributed by atoms with Gasteiger partial charge in [0, 0.05) is 68.8 Å². The van der Waals surface area contributed by atoms with Crippen LogP contribution in [0, 0.1) is 0 Å². The van der Waals surface area contributed by atoms with E-state index in [0.717, 1.165) is 40.8 Å². The molecule has 10 heteroatoms. The molecule has 2 amide bonds. The Morgan fingerprint density at radius 2 is 1.68 bits per heavy atom. The first kappa shape index (κ1) is 28.0. The molecule has 5 rings (SSSR count). The number of anilines is 3. The monoisotopic (exact) mass is 553 g/mol. The molecular formula is C31H35N7O3. The largest absolute Gasteiger partial charge is 0.497 e. The molecule has 0 saturated carbocycles. The van der Waals surface area contributed by atoms with Gasteiger partial charge in [0.25, 0.3) is 0 Å². The maximum Gasteiger partial charge on any atom is 0.240 e. The molecule has 1 saturated heterocycles. The van der Waals surface area contributed by atoms with Gasteiger partial charge in [0.1, 0.15) is 5.75 Å². The summed E-state index contributed by atoms with van der Waals surface area (Å²) < 4.78 is 5.44. The van der Waals surface area contributed by atoms with Gasteiger partial charge in [0.15, 0.2) is 0 Å². The number of para-hydroxylation sites is 1. The van der Waals surface area contributed by atoms with E-state index in [1.807, 2.05) is 66.7 Å². The zero-order valence-corrected chi connectivity index (χ0v) is 23.6. The number of nitrogens with one attached hydrogen (secondary N) is 2. The number of carbonyl (C=O) groups excluding carboxylic acids is 2. The predicted molar refractivity (Wildman–Crippen MR) is 162 cm³/mol. The summed E-state index contributed by atoms with van der Waals surface area (Å²) in [6.45, 7) is 3.47. The van der Waals surface area contributed by atoms with Gasteiger partial charge in [-0.3, -0.25) is 19.4 Å². The number of aromatic nitrogens is 2. The van der Waals surface area contributed by atoms with Crippen molar-refractivity contribution in [3.63, 3.8) is 0 Å².